The van der Waals surface area contributed by atoms with Crippen LogP contribution in [0.2, 0.25) is 0 Å². The predicted octanol–water partition coefficient (Wildman–Crippen LogP) is 2.14. The van der Waals surface area contributed by atoms with Gasteiger partial charge in [0.1, 0.15) is 5.01 Å². The first-order valence-electron chi connectivity index (χ1n) is 7.32. The Balaban J connectivity index is 1.87. The van der Waals surface area contributed by atoms with E-state index in [2.05, 4.69) is 22.1 Å². The molecular formula is C16H21N3O2S. The minimum absolute atomic E-state index is 0.0604. The molecule has 2 rings (SSSR count). The molecule has 0 saturated heterocycles. The van der Waals surface area contributed by atoms with Crippen molar-refractivity contribution in [1.29, 1.82) is 0 Å². The van der Waals surface area contributed by atoms with Gasteiger partial charge in [-0.15, -0.1) is 11.3 Å². The lowest BCUT2D eigenvalue weighted by Crippen LogP contribution is -2.26. The molecule has 1 amide bonds. The van der Waals surface area contributed by atoms with Crippen LogP contribution in [0.5, 0.6) is 0 Å². The zero-order valence-electron chi connectivity index (χ0n) is 12.7. The van der Waals surface area contributed by atoms with Gasteiger partial charge in [0.05, 0.1) is 18.7 Å². The monoisotopic (exact) mass is 319 g/mol. The number of likely N-dealkylation sites (N-methyl/N-ethyl adjacent to an activating group) is 1. The third-order valence-electron chi connectivity index (χ3n) is 3.22. The number of thiazole rings is 1. The van der Waals surface area contributed by atoms with Gasteiger partial charge in [0.15, 0.2) is 0 Å². The quantitative estimate of drug-likeness (QED) is 0.782. The third kappa shape index (κ3) is 5.22. The lowest BCUT2D eigenvalue weighted by atomic mass is 10.3. The first-order chi connectivity index (χ1) is 10.7. The second-order valence-electron chi connectivity index (χ2n) is 4.92. The first kappa shape index (κ1) is 16.6. The van der Waals surface area contributed by atoms with Gasteiger partial charge in [-0.25, -0.2) is 4.98 Å². The van der Waals surface area contributed by atoms with Gasteiger partial charge in [-0.05, 0) is 18.7 Å². The molecule has 0 aliphatic rings. The summed E-state index contributed by atoms with van der Waals surface area (Å²) in [5.74, 6) is -0.0604. The number of aliphatic hydroxyl groups excluding tert-OH is 1. The molecule has 0 aliphatic heterocycles. The summed E-state index contributed by atoms with van der Waals surface area (Å²) in [5, 5.41) is 14.6. The van der Waals surface area contributed by atoms with Gasteiger partial charge in [-0.2, -0.15) is 0 Å². The minimum Gasteiger partial charge on any atom is -0.395 e. The fourth-order valence-electron chi connectivity index (χ4n) is 2.09. The maximum Gasteiger partial charge on any atom is 0.231 e. The highest BCUT2D eigenvalue weighted by molar-refractivity contribution is 7.09. The molecule has 1 aromatic heterocycles. The van der Waals surface area contributed by atoms with Crippen LogP contribution in [0.1, 0.15) is 17.6 Å². The molecule has 118 valence electrons. The summed E-state index contributed by atoms with van der Waals surface area (Å²) in [7, 11) is 0. The lowest BCUT2D eigenvalue weighted by molar-refractivity contribution is -0.115. The van der Waals surface area contributed by atoms with Gasteiger partial charge in [-0.1, -0.05) is 25.1 Å². The summed E-state index contributed by atoms with van der Waals surface area (Å²) in [4.78, 5) is 18.6. The van der Waals surface area contributed by atoms with Gasteiger partial charge in [0.2, 0.25) is 5.91 Å². The van der Waals surface area contributed by atoms with Crippen molar-refractivity contribution >= 4 is 22.9 Å². The molecule has 0 unspecified atom stereocenters. The van der Waals surface area contributed by atoms with Crippen LogP contribution in [0.15, 0.2) is 35.7 Å². The van der Waals surface area contributed by atoms with Crippen molar-refractivity contribution in [2.75, 3.05) is 25.0 Å². The smallest absolute Gasteiger partial charge is 0.231 e. The molecule has 0 atom stereocenters. The number of benzene rings is 1. The van der Waals surface area contributed by atoms with E-state index in [0.717, 1.165) is 22.9 Å². The Morgan fingerprint density at radius 3 is 2.82 bits per heavy atom. The average Bonchev–Trinajstić information content (AvgIpc) is 2.94. The molecular weight excluding hydrogens is 298 g/mol. The van der Waals surface area contributed by atoms with Gasteiger partial charge >= 0.3 is 0 Å². The number of carbonyl (C=O) groups excluding carboxylic acids is 1. The fraction of sp³-hybridized carbons (Fsp3) is 0.375. The minimum atomic E-state index is -0.0604. The Morgan fingerprint density at radius 1 is 1.36 bits per heavy atom. The SMILES string of the molecule is CCN(CCO)Cc1csc(CC(=O)Nc2ccccc2)n1. The van der Waals surface area contributed by atoms with Crippen LogP contribution < -0.4 is 5.32 Å². The number of nitrogens with one attached hydrogen (secondary N) is 1. The number of hydrogen-bond acceptors (Lipinski definition) is 5. The van der Waals surface area contributed by atoms with Crippen LogP contribution in [0.4, 0.5) is 5.69 Å². The normalized spacial score (nSPS) is 10.9. The number of aliphatic hydroxyl groups is 1. The molecule has 0 fully saturated rings. The van der Waals surface area contributed by atoms with E-state index in [9.17, 15) is 4.79 Å². The summed E-state index contributed by atoms with van der Waals surface area (Å²) in [6.07, 6.45) is 0.283. The molecule has 5 nitrogen and oxygen atoms in total. The van der Waals surface area contributed by atoms with E-state index in [-0.39, 0.29) is 18.9 Å². The zero-order valence-corrected chi connectivity index (χ0v) is 13.5. The standard InChI is InChI=1S/C16H21N3O2S/c1-2-19(8-9-20)11-14-12-22-16(18-14)10-15(21)17-13-6-4-3-5-7-13/h3-7,12,20H,2,8-11H2,1H3,(H,17,21). The molecule has 1 aromatic carbocycles. The molecule has 0 radical (unpaired) electrons. The second-order valence-corrected chi connectivity index (χ2v) is 5.86. The van der Waals surface area contributed by atoms with E-state index in [4.69, 9.17) is 5.11 Å². The molecule has 6 heteroatoms. The second kappa shape index (κ2) is 8.63. The number of para-hydroxylation sites is 1. The Bertz CT molecular complexity index is 586. The summed E-state index contributed by atoms with van der Waals surface area (Å²) < 4.78 is 0. The topological polar surface area (TPSA) is 65.5 Å². The van der Waals surface area contributed by atoms with Crippen molar-refractivity contribution < 1.29 is 9.90 Å². The van der Waals surface area contributed by atoms with Gasteiger partial charge in [0.25, 0.3) is 0 Å². The largest absolute Gasteiger partial charge is 0.395 e. The van der Waals surface area contributed by atoms with Gasteiger partial charge in [0, 0.05) is 24.2 Å². The lowest BCUT2D eigenvalue weighted by Gasteiger charge is -2.17. The van der Waals surface area contributed by atoms with Crippen LogP contribution in [0.25, 0.3) is 0 Å². The van der Waals surface area contributed by atoms with E-state index < -0.39 is 0 Å². The number of anilines is 1. The van der Waals surface area contributed by atoms with Crippen molar-refractivity contribution in [2.45, 2.75) is 19.9 Å². The summed E-state index contributed by atoms with van der Waals surface area (Å²) in [6.45, 7) is 4.40. The Kier molecular flexibility index (Phi) is 6.51. The number of hydrogen-bond donors (Lipinski definition) is 2. The van der Waals surface area contributed by atoms with Crippen molar-refractivity contribution in [3.8, 4) is 0 Å². The number of amides is 1. The van der Waals surface area contributed by atoms with Crippen LogP contribution in [0.3, 0.4) is 0 Å². The predicted molar refractivity (Wildman–Crippen MR) is 88.9 cm³/mol. The molecule has 2 N–H and O–H groups in total. The molecule has 0 bridgehead atoms. The van der Waals surface area contributed by atoms with E-state index in [1.807, 2.05) is 35.7 Å². The number of rotatable bonds is 8. The fourth-order valence-corrected chi connectivity index (χ4v) is 2.87. The maximum atomic E-state index is 12.0. The summed E-state index contributed by atoms with van der Waals surface area (Å²) in [5.41, 5.74) is 1.74. The van der Waals surface area contributed by atoms with Crippen LogP contribution in [-0.2, 0) is 17.8 Å². The molecule has 22 heavy (non-hydrogen) atoms. The van der Waals surface area contributed by atoms with Crippen molar-refractivity contribution in [1.82, 2.24) is 9.88 Å². The Morgan fingerprint density at radius 2 is 2.14 bits per heavy atom. The maximum absolute atomic E-state index is 12.0. The highest BCUT2D eigenvalue weighted by Gasteiger charge is 2.10. The molecule has 0 saturated carbocycles. The molecule has 0 aliphatic carbocycles. The molecule has 0 spiro atoms. The Hall–Kier alpha value is -1.76. The molecule has 1 heterocycles. The van der Waals surface area contributed by atoms with Crippen molar-refractivity contribution in [3.63, 3.8) is 0 Å². The van der Waals surface area contributed by atoms with Crippen molar-refractivity contribution in [2.24, 2.45) is 0 Å². The summed E-state index contributed by atoms with van der Waals surface area (Å²) in [6, 6.07) is 9.40. The highest BCUT2D eigenvalue weighted by atomic mass is 32.1. The number of nitrogens with zero attached hydrogens (tertiary/aromatic N) is 2. The van der Waals surface area contributed by atoms with Crippen LogP contribution >= 0.6 is 11.3 Å². The third-order valence-corrected chi connectivity index (χ3v) is 4.12. The average molecular weight is 319 g/mol. The zero-order chi connectivity index (χ0) is 15.8. The van der Waals surface area contributed by atoms with Crippen LogP contribution in [-0.4, -0.2) is 40.6 Å². The number of aromatic nitrogens is 1. The van der Waals surface area contributed by atoms with E-state index >= 15 is 0 Å². The van der Waals surface area contributed by atoms with Crippen molar-refractivity contribution in [3.05, 3.63) is 46.4 Å². The Labute approximate surface area is 134 Å². The highest BCUT2D eigenvalue weighted by Crippen LogP contribution is 2.13. The molecule has 2 aromatic rings. The van der Waals surface area contributed by atoms with E-state index in [0.29, 0.717) is 13.1 Å². The summed E-state index contributed by atoms with van der Waals surface area (Å²) >= 11 is 1.50. The first-order valence-corrected chi connectivity index (χ1v) is 8.20. The van der Waals surface area contributed by atoms with Crippen LogP contribution in [0, 0.1) is 0 Å². The van der Waals surface area contributed by atoms with Gasteiger partial charge < -0.3 is 10.4 Å². The number of carbonyl (C=O) groups is 1. The van der Waals surface area contributed by atoms with E-state index in [1.165, 1.54) is 11.3 Å². The van der Waals surface area contributed by atoms with Gasteiger partial charge in [-0.3, -0.25) is 9.69 Å². The van der Waals surface area contributed by atoms with E-state index in [1.54, 1.807) is 0 Å².